The maximum absolute atomic E-state index is 12.1. The number of nitrogens with zero attached hydrogens (tertiary/aromatic N) is 2. The molecule has 4 N–H and O–H groups in total. The third-order valence-electron chi connectivity index (χ3n) is 2.48. The van der Waals surface area contributed by atoms with Crippen LogP contribution in [0.4, 0.5) is 5.82 Å². The van der Waals surface area contributed by atoms with Crippen molar-refractivity contribution >= 4 is 27.6 Å². The molecule has 0 aromatic carbocycles. The first-order valence-electron chi connectivity index (χ1n) is 6.52. The van der Waals surface area contributed by atoms with Crippen LogP contribution in [0.2, 0.25) is 0 Å². The molecule has 7 nitrogen and oxygen atoms in total. The fraction of sp³-hybridized carbons (Fsp3) is 0.727. The molecule has 0 amide bonds. The Morgan fingerprint density at radius 3 is 2.90 bits per heavy atom. The van der Waals surface area contributed by atoms with Crippen LogP contribution >= 0.6 is 11.8 Å². The van der Waals surface area contributed by atoms with Gasteiger partial charge in [0.15, 0.2) is 5.82 Å². The Morgan fingerprint density at radius 1 is 1.50 bits per heavy atom. The van der Waals surface area contributed by atoms with Gasteiger partial charge in [-0.25, -0.2) is 13.1 Å². The predicted molar refractivity (Wildman–Crippen MR) is 81.1 cm³/mol. The van der Waals surface area contributed by atoms with Crippen molar-refractivity contribution < 1.29 is 13.5 Å². The Morgan fingerprint density at radius 2 is 2.25 bits per heavy atom. The normalized spacial score (nSPS) is 11.9. The SMILES string of the molecule is CCCn1cc(S(=O)(=O)NCCSCCCO)c(N)n1. The van der Waals surface area contributed by atoms with Gasteiger partial charge in [0, 0.05) is 31.6 Å². The zero-order valence-corrected chi connectivity index (χ0v) is 13.2. The van der Waals surface area contributed by atoms with Crippen LogP contribution in [0.1, 0.15) is 19.8 Å². The van der Waals surface area contributed by atoms with Crippen molar-refractivity contribution in [2.24, 2.45) is 0 Å². The zero-order chi connectivity index (χ0) is 15.0. The van der Waals surface area contributed by atoms with E-state index in [1.165, 1.54) is 6.20 Å². The van der Waals surface area contributed by atoms with E-state index in [0.717, 1.165) is 12.2 Å². The van der Waals surface area contributed by atoms with Crippen LogP contribution in [0.15, 0.2) is 11.1 Å². The van der Waals surface area contributed by atoms with Crippen molar-refractivity contribution in [1.82, 2.24) is 14.5 Å². The monoisotopic (exact) mass is 322 g/mol. The molecular formula is C11H22N4O3S2. The molecule has 0 saturated carbocycles. The summed E-state index contributed by atoms with van der Waals surface area (Å²) < 4.78 is 28.2. The van der Waals surface area contributed by atoms with Crippen molar-refractivity contribution in [1.29, 1.82) is 0 Å². The molecular weight excluding hydrogens is 300 g/mol. The molecule has 0 atom stereocenters. The third kappa shape index (κ3) is 5.31. The number of thioether (sulfide) groups is 1. The second-order valence-corrected chi connectivity index (χ2v) is 7.19. The quantitative estimate of drug-likeness (QED) is 0.533. The number of hydrogen-bond acceptors (Lipinski definition) is 6. The molecule has 20 heavy (non-hydrogen) atoms. The van der Waals surface area contributed by atoms with E-state index in [4.69, 9.17) is 10.8 Å². The molecule has 0 spiro atoms. The van der Waals surface area contributed by atoms with Crippen LogP contribution in [0, 0.1) is 0 Å². The van der Waals surface area contributed by atoms with Crippen LogP contribution in [0.3, 0.4) is 0 Å². The fourth-order valence-electron chi connectivity index (χ4n) is 1.56. The van der Waals surface area contributed by atoms with Crippen molar-refractivity contribution in [3.63, 3.8) is 0 Å². The molecule has 0 saturated heterocycles. The standard InChI is InChI=1S/C11H22N4O3S2/c1-2-5-15-9-10(11(12)14-15)20(17,18)13-4-8-19-7-3-6-16/h9,13,16H,2-8H2,1H3,(H2,12,14). The summed E-state index contributed by atoms with van der Waals surface area (Å²) in [5.74, 6) is 1.50. The topological polar surface area (TPSA) is 110 Å². The summed E-state index contributed by atoms with van der Waals surface area (Å²) in [6.07, 6.45) is 3.03. The molecule has 1 aromatic rings. The number of nitrogen functional groups attached to an aromatic ring is 1. The van der Waals surface area contributed by atoms with Gasteiger partial charge < -0.3 is 10.8 Å². The van der Waals surface area contributed by atoms with Crippen LogP contribution in [-0.2, 0) is 16.6 Å². The molecule has 9 heteroatoms. The Bertz CT molecular complexity index is 502. The lowest BCUT2D eigenvalue weighted by molar-refractivity contribution is 0.296. The number of sulfonamides is 1. The molecule has 0 bridgehead atoms. The predicted octanol–water partition coefficient (Wildman–Crippen LogP) is 0.269. The molecule has 0 aliphatic carbocycles. The van der Waals surface area contributed by atoms with Crippen molar-refractivity contribution in [2.75, 3.05) is 30.4 Å². The highest BCUT2D eigenvalue weighted by Crippen LogP contribution is 2.16. The highest BCUT2D eigenvalue weighted by molar-refractivity contribution is 7.99. The molecule has 1 heterocycles. The van der Waals surface area contributed by atoms with Gasteiger partial charge in [0.2, 0.25) is 10.0 Å². The van der Waals surface area contributed by atoms with Crippen LogP contribution < -0.4 is 10.5 Å². The van der Waals surface area contributed by atoms with Gasteiger partial charge in [-0.2, -0.15) is 16.9 Å². The molecule has 1 rings (SSSR count). The second-order valence-electron chi connectivity index (χ2n) is 4.23. The first-order valence-corrected chi connectivity index (χ1v) is 9.16. The minimum atomic E-state index is -3.60. The van der Waals surface area contributed by atoms with E-state index in [9.17, 15) is 8.42 Å². The average Bonchev–Trinajstić information content (AvgIpc) is 2.76. The maximum atomic E-state index is 12.1. The average molecular weight is 322 g/mol. The lowest BCUT2D eigenvalue weighted by Gasteiger charge is -2.05. The summed E-state index contributed by atoms with van der Waals surface area (Å²) in [5, 5.41) is 12.6. The van der Waals surface area contributed by atoms with E-state index in [0.29, 0.717) is 25.3 Å². The van der Waals surface area contributed by atoms with Crippen molar-refractivity contribution in [2.45, 2.75) is 31.2 Å². The maximum Gasteiger partial charge on any atom is 0.245 e. The Hall–Kier alpha value is -0.770. The van der Waals surface area contributed by atoms with E-state index in [1.54, 1.807) is 16.4 Å². The largest absolute Gasteiger partial charge is 0.396 e. The first kappa shape index (κ1) is 17.3. The van der Waals surface area contributed by atoms with Gasteiger partial charge in [0.05, 0.1) is 0 Å². The van der Waals surface area contributed by atoms with E-state index < -0.39 is 10.0 Å². The zero-order valence-electron chi connectivity index (χ0n) is 11.6. The smallest absolute Gasteiger partial charge is 0.245 e. The van der Waals surface area contributed by atoms with Gasteiger partial charge >= 0.3 is 0 Å². The first-order chi connectivity index (χ1) is 9.51. The number of nitrogens with one attached hydrogen (secondary N) is 1. The lowest BCUT2D eigenvalue weighted by atomic mass is 10.5. The molecule has 0 aliphatic rings. The van der Waals surface area contributed by atoms with Gasteiger partial charge in [-0.15, -0.1) is 0 Å². The van der Waals surface area contributed by atoms with Crippen LogP contribution in [0.5, 0.6) is 0 Å². The van der Waals surface area contributed by atoms with Gasteiger partial charge in [-0.05, 0) is 18.6 Å². The summed E-state index contributed by atoms with van der Waals surface area (Å²) in [5.41, 5.74) is 5.64. The molecule has 0 unspecified atom stereocenters. The molecule has 0 radical (unpaired) electrons. The molecule has 116 valence electrons. The number of anilines is 1. The highest BCUT2D eigenvalue weighted by atomic mass is 32.2. The van der Waals surface area contributed by atoms with Crippen LogP contribution in [-0.4, -0.2) is 48.0 Å². The van der Waals surface area contributed by atoms with E-state index in [-0.39, 0.29) is 17.3 Å². The summed E-state index contributed by atoms with van der Waals surface area (Å²) in [6.45, 7) is 3.10. The number of aromatic nitrogens is 2. The van der Waals surface area contributed by atoms with Gasteiger partial charge in [-0.3, -0.25) is 4.68 Å². The van der Waals surface area contributed by atoms with Crippen LogP contribution in [0.25, 0.3) is 0 Å². The number of aliphatic hydroxyl groups is 1. The summed E-state index contributed by atoms with van der Waals surface area (Å²) in [6, 6.07) is 0. The van der Waals surface area contributed by atoms with E-state index >= 15 is 0 Å². The van der Waals surface area contributed by atoms with E-state index in [2.05, 4.69) is 9.82 Å². The number of nitrogens with two attached hydrogens (primary N) is 1. The molecule has 0 aliphatic heterocycles. The van der Waals surface area contributed by atoms with Gasteiger partial charge in [0.25, 0.3) is 0 Å². The molecule has 1 aromatic heterocycles. The number of rotatable bonds is 10. The minimum absolute atomic E-state index is 0.0267. The Balaban J connectivity index is 2.51. The third-order valence-corrected chi connectivity index (χ3v) is 5.03. The number of aliphatic hydroxyl groups excluding tert-OH is 1. The fourth-order valence-corrected chi connectivity index (χ4v) is 3.58. The molecule has 0 fully saturated rings. The van der Waals surface area contributed by atoms with Gasteiger partial charge in [0.1, 0.15) is 4.90 Å². The van der Waals surface area contributed by atoms with E-state index in [1.807, 2.05) is 6.92 Å². The number of aryl methyl sites for hydroxylation is 1. The summed E-state index contributed by atoms with van der Waals surface area (Å²) >= 11 is 1.59. The van der Waals surface area contributed by atoms with Crippen molar-refractivity contribution in [3.05, 3.63) is 6.20 Å². The Labute approximate surface area is 124 Å². The Kier molecular flexibility index (Phi) is 7.35. The second kappa shape index (κ2) is 8.50. The van der Waals surface area contributed by atoms with Crippen molar-refractivity contribution in [3.8, 4) is 0 Å². The highest BCUT2D eigenvalue weighted by Gasteiger charge is 2.20. The summed E-state index contributed by atoms with van der Waals surface area (Å²) in [4.78, 5) is 0.0336. The summed E-state index contributed by atoms with van der Waals surface area (Å²) in [7, 11) is -3.60. The van der Waals surface area contributed by atoms with Gasteiger partial charge in [-0.1, -0.05) is 6.92 Å². The lowest BCUT2D eigenvalue weighted by Crippen LogP contribution is -2.26. The number of hydrogen-bond donors (Lipinski definition) is 3. The minimum Gasteiger partial charge on any atom is -0.396 e.